The quantitative estimate of drug-likeness (QED) is 0.369. The van der Waals surface area contributed by atoms with Gasteiger partial charge in [-0.2, -0.15) is 0 Å². The van der Waals surface area contributed by atoms with Gasteiger partial charge >= 0.3 is 0 Å². The molecule has 0 bridgehead atoms. The van der Waals surface area contributed by atoms with Crippen molar-refractivity contribution in [2.24, 2.45) is 0 Å². The number of phenols is 2. The number of phenolic OH excluding ortho intramolecular Hbond substituents is 2. The van der Waals surface area contributed by atoms with Gasteiger partial charge in [0.1, 0.15) is 11.5 Å². The summed E-state index contributed by atoms with van der Waals surface area (Å²) < 4.78 is 1.16. The van der Waals surface area contributed by atoms with E-state index in [2.05, 4.69) is 45.8 Å². The molecule has 3 N–H and O–H groups in total. The first-order chi connectivity index (χ1) is 11.6. The number of aromatic amines is 1. The third-order valence-corrected chi connectivity index (χ3v) is 4.74. The van der Waals surface area contributed by atoms with Crippen LogP contribution in [0.5, 0.6) is 11.5 Å². The summed E-state index contributed by atoms with van der Waals surface area (Å²) in [6, 6.07) is 20.7. The summed E-state index contributed by atoms with van der Waals surface area (Å²) in [5, 5.41) is 20.3. The molecule has 0 saturated heterocycles. The highest BCUT2D eigenvalue weighted by Gasteiger charge is 2.15. The van der Waals surface area contributed by atoms with Crippen LogP contribution in [0.4, 0.5) is 0 Å². The minimum Gasteiger partial charge on any atom is -0.508 e. The number of hydrogen-bond donors (Lipinski definition) is 3. The van der Waals surface area contributed by atoms with E-state index in [-0.39, 0.29) is 11.5 Å². The molecule has 0 spiro atoms. The normalized spacial score (nSPS) is 11.0. The van der Waals surface area contributed by atoms with E-state index < -0.39 is 0 Å². The third-order valence-electron chi connectivity index (χ3n) is 4.07. The first-order valence-corrected chi connectivity index (χ1v) is 8.60. The lowest BCUT2D eigenvalue weighted by atomic mass is 9.98. The molecule has 0 saturated carbocycles. The lowest BCUT2D eigenvalue weighted by Gasteiger charge is -2.06. The van der Waals surface area contributed by atoms with E-state index >= 15 is 0 Å². The second-order valence-electron chi connectivity index (χ2n) is 5.66. The smallest absolute Gasteiger partial charge is 0.115 e. The van der Waals surface area contributed by atoms with E-state index in [1.54, 1.807) is 24.3 Å². The summed E-state index contributed by atoms with van der Waals surface area (Å²) >= 11 is 2.31. The number of aromatic nitrogens is 1. The Balaban J connectivity index is 2.03. The maximum Gasteiger partial charge on any atom is 0.115 e. The zero-order valence-corrected chi connectivity index (χ0v) is 14.8. The van der Waals surface area contributed by atoms with Crippen molar-refractivity contribution in [3.8, 4) is 33.9 Å². The predicted molar refractivity (Wildman–Crippen MR) is 105 cm³/mol. The highest BCUT2D eigenvalue weighted by molar-refractivity contribution is 14.1. The van der Waals surface area contributed by atoms with Crippen LogP contribution in [0.1, 0.15) is 0 Å². The van der Waals surface area contributed by atoms with Crippen molar-refractivity contribution in [1.29, 1.82) is 0 Å². The monoisotopic (exact) mass is 427 g/mol. The summed E-state index contributed by atoms with van der Waals surface area (Å²) in [4.78, 5) is 3.49. The van der Waals surface area contributed by atoms with Crippen LogP contribution in [0, 0.1) is 3.57 Å². The van der Waals surface area contributed by atoms with E-state index in [0.717, 1.165) is 36.9 Å². The molecule has 24 heavy (non-hydrogen) atoms. The molecule has 3 nitrogen and oxygen atoms in total. The van der Waals surface area contributed by atoms with Crippen molar-refractivity contribution >= 4 is 33.5 Å². The van der Waals surface area contributed by atoms with Gasteiger partial charge in [-0.1, -0.05) is 12.1 Å². The molecule has 0 aliphatic heterocycles. The molecule has 0 aliphatic carbocycles. The highest BCUT2D eigenvalue weighted by Crippen LogP contribution is 2.39. The van der Waals surface area contributed by atoms with E-state index in [0.29, 0.717) is 0 Å². The summed E-state index contributed by atoms with van der Waals surface area (Å²) in [7, 11) is 0. The molecule has 0 unspecified atom stereocenters. The second-order valence-corrected chi connectivity index (χ2v) is 6.90. The zero-order valence-electron chi connectivity index (χ0n) is 12.6. The predicted octanol–water partition coefficient (Wildman–Crippen LogP) is 5.52. The first-order valence-electron chi connectivity index (χ1n) is 7.52. The molecule has 1 aromatic heterocycles. The Kier molecular flexibility index (Phi) is 3.69. The van der Waals surface area contributed by atoms with Gasteiger partial charge in [-0.05, 0) is 88.3 Å². The Morgan fingerprint density at radius 2 is 1.29 bits per heavy atom. The third kappa shape index (κ3) is 2.63. The summed E-state index contributed by atoms with van der Waals surface area (Å²) in [5.74, 6) is 0.495. The molecule has 118 valence electrons. The number of benzene rings is 3. The van der Waals surface area contributed by atoms with E-state index in [9.17, 15) is 10.2 Å². The van der Waals surface area contributed by atoms with Gasteiger partial charge in [-0.3, -0.25) is 0 Å². The Labute approximate surface area is 152 Å². The van der Waals surface area contributed by atoms with Gasteiger partial charge in [-0.25, -0.2) is 0 Å². The Morgan fingerprint density at radius 3 is 1.92 bits per heavy atom. The summed E-state index contributed by atoms with van der Waals surface area (Å²) in [5.41, 5.74) is 5.18. The van der Waals surface area contributed by atoms with Gasteiger partial charge in [0, 0.05) is 20.0 Å². The molecule has 3 aromatic carbocycles. The maximum absolute atomic E-state index is 9.59. The number of hydrogen-bond acceptors (Lipinski definition) is 2. The first kappa shape index (κ1) is 15.1. The molecular weight excluding hydrogens is 413 g/mol. The van der Waals surface area contributed by atoms with Crippen LogP contribution in [-0.2, 0) is 0 Å². The van der Waals surface area contributed by atoms with Gasteiger partial charge in [0.05, 0.1) is 5.69 Å². The summed E-state index contributed by atoms with van der Waals surface area (Å²) in [6.45, 7) is 0. The van der Waals surface area contributed by atoms with Gasteiger partial charge < -0.3 is 15.2 Å². The number of rotatable bonds is 2. The average molecular weight is 427 g/mol. The molecule has 0 fully saturated rings. The summed E-state index contributed by atoms with van der Waals surface area (Å²) in [6.07, 6.45) is 0. The van der Waals surface area contributed by atoms with Crippen LogP contribution in [0.3, 0.4) is 0 Å². The fourth-order valence-electron chi connectivity index (χ4n) is 2.94. The van der Waals surface area contributed by atoms with Crippen LogP contribution in [0.2, 0.25) is 0 Å². The van der Waals surface area contributed by atoms with Crippen LogP contribution in [-0.4, -0.2) is 15.2 Å². The van der Waals surface area contributed by atoms with E-state index in [1.807, 2.05) is 24.3 Å². The largest absolute Gasteiger partial charge is 0.508 e. The van der Waals surface area contributed by atoms with Gasteiger partial charge in [0.25, 0.3) is 0 Å². The molecule has 4 rings (SSSR count). The molecule has 4 heteroatoms. The standard InChI is InChI=1S/C20H14INO2/c21-14-5-10-18-17(11-14)19(12-1-6-15(23)7-2-12)20(22-18)13-3-8-16(24)9-4-13/h1-11,22-24H. The number of nitrogens with one attached hydrogen (secondary N) is 1. The topological polar surface area (TPSA) is 56.2 Å². The SMILES string of the molecule is Oc1ccc(-c2[nH]c3ccc(I)cc3c2-c2ccc(O)cc2)cc1. The van der Waals surface area contributed by atoms with Gasteiger partial charge in [-0.15, -0.1) is 0 Å². The number of halogens is 1. The molecule has 0 amide bonds. The molecule has 0 aliphatic rings. The minimum absolute atomic E-state index is 0.246. The van der Waals surface area contributed by atoms with Crippen molar-refractivity contribution < 1.29 is 10.2 Å². The lowest BCUT2D eigenvalue weighted by molar-refractivity contribution is 0.475. The van der Waals surface area contributed by atoms with Crippen molar-refractivity contribution in [2.45, 2.75) is 0 Å². The molecule has 0 radical (unpaired) electrons. The van der Waals surface area contributed by atoms with Crippen molar-refractivity contribution in [2.75, 3.05) is 0 Å². The fourth-order valence-corrected chi connectivity index (χ4v) is 3.43. The maximum atomic E-state index is 9.59. The average Bonchev–Trinajstić information content (AvgIpc) is 2.95. The molecule has 0 atom stereocenters. The van der Waals surface area contributed by atoms with Gasteiger partial charge in [0.2, 0.25) is 0 Å². The Hall–Kier alpha value is -2.47. The molecule has 1 heterocycles. The Bertz CT molecular complexity index is 1020. The minimum atomic E-state index is 0.246. The van der Waals surface area contributed by atoms with Crippen molar-refractivity contribution in [3.05, 3.63) is 70.3 Å². The number of H-pyrrole nitrogens is 1. The second kappa shape index (κ2) is 5.87. The zero-order chi connectivity index (χ0) is 16.7. The number of aromatic hydroxyl groups is 2. The highest BCUT2D eigenvalue weighted by atomic mass is 127. The van der Waals surface area contributed by atoms with Crippen LogP contribution >= 0.6 is 22.6 Å². The molecular formula is C20H14INO2. The van der Waals surface area contributed by atoms with Crippen LogP contribution in [0.25, 0.3) is 33.3 Å². The van der Waals surface area contributed by atoms with Crippen molar-refractivity contribution in [3.63, 3.8) is 0 Å². The van der Waals surface area contributed by atoms with Crippen LogP contribution < -0.4 is 0 Å². The molecule has 4 aromatic rings. The van der Waals surface area contributed by atoms with Crippen molar-refractivity contribution in [1.82, 2.24) is 4.98 Å². The van der Waals surface area contributed by atoms with E-state index in [4.69, 9.17) is 0 Å². The Morgan fingerprint density at radius 1 is 0.708 bits per heavy atom. The van der Waals surface area contributed by atoms with E-state index in [1.165, 1.54) is 0 Å². The lowest BCUT2D eigenvalue weighted by Crippen LogP contribution is -1.83. The number of fused-ring (bicyclic) bond motifs is 1. The fraction of sp³-hybridized carbons (Fsp3) is 0. The van der Waals surface area contributed by atoms with Gasteiger partial charge in [0.15, 0.2) is 0 Å². The van der Waals surface area contributed by atoms with Crippen LogP contribution in [0.15, 0.2) is 66.7 Å².